The van der Waals surface area contributed by atoms with E-state index in [1.54, 1.807) is 24.3 Å². The van der Waals surface area contributed by atoms with Crippen LogP contribution in [0.5, 0.6) is 0 Å². The second kappa shape index (κ2) is 7.16. The molecular weight excluding hydrogens is 304 g/mol. The Balaban J connectivity index is 1.72. The van der Waals surface area contributed by atoms with Gasteiger partial charge in [-0.1, -0.05) is 30.3 Å². The topological polar surface area (TPSA) is 79.2 Å². The summed E-state index contributed by atoms with van der Waals surface area (Å²) in [6.07, 6.45) is 2.94. The lowest BCUT2D eigenvalue weighted by molar-refractivity contribution is -0.117. The zero-order valence-electron chi connectivity index (χ0n) is 12.7. The first-order valence-corrected chi connectivity index (χ1v) is 7.34. The SMILES string of the molecule is N#C/C(=C/c1ccc(-c2ccccc2)o1)C(=O)NCc1ccco1. The van der Waals surface area contributed by atoms with Gasteiger partial charge < -0.3 is 14.2 Å². The number of carbonyl (C=O) groups is 1. The predicted octanol–water partition coefficient (Wildman–Crippen LogP) is 3.76. The molecule has 0 atom stereocenters. The van der Waals surface area contributed by atoms with Crippen molar-refractivity contribution in [2.75, 3.05) is 0 Å². The van der Waals surface area contributed by atoms with E-state index in [0.717, 1.165) is 5.56 Å². The van der Waals surface area contributed by atoms with Crippen molar-refractivity contribution in [3.63, 3.8) is 0 Å². The Hall–Kier alpha value is -3.52. The Morgan fingerprint density at radius 2 is 1.96 bits per heavy atom. The molecule has 0 radical (unpaired) electrons. The van der Waals surface area contributed by atoms with Gasteiger partial charge in [-0.3, -0.25) is 4.79 Å². The van der Waals surface area contributed by atoms with Gasteiger partial charge in [0.05, 0.1) is 12.8 Å². The van der Waals surface area contributed by atoms with Crippen LogP contribution in [0.25, 0.3) is 17.4 Å². The summed E-state index contributed by atoms with van der Waals surface area (Å²) >= 11 is 0. The Bertz CT molecular complexity index is 884. The van der Waals surface area contributed by atoms with Crippen molar-refractivity contribution in [3.8, 4) is 17.4 Å². The van der Waals surface area contributed by atoms with E-state index in [1.807, 2.05) is 36.4 Å². The van der Waals surface area contributed by atoms with Crippen LogP contribution in [0.1, 0.15) is 11.5 Å². The minimum absolute atomic E-state index is 0.0319. The summed E-state index contributed by atoms with van der Waals surface area (Å²) in [5, 5.41) is 11.8. The summed E-state index contributed by atoms with van der Waals surface area (Å²) in [4.78, 5) is 12.1. The van der Waals surface area contributed by atoms with E-state index >= 15 is 0 Å². The fourth-order valence-corrected chi connectivity index (χ4v) is 2.15. The molecule has 5 heteroatoms. The number of benzene rings is 1. The molecule has 3 rings (SSSR count). The smallest absolute Gasteiger partial charge is 0.262 e. The molecule has 1 N–H and O–H groups in total. The van der Waals surface area contributed by atoms with Gasteiger partial charge >= 0.3 is 0 Å². The van der Waals surface area contributed by atoms with Crippen LogP contribution in [-0.2, 0) is 11.3 Å². The second-order valence-corrected chi connectivity index (χ2v) is 5.00. The lowest BCUT2D eigenvalue weighted by Crippen LogP contribution is -2.23. The summed E-state index contributed by atoms with van der Waals surface area (Å²) in [5.74, 6) is 1.25. The van der Waals surface area contributed by atoms with E-state index in [1.165, 1.54) is 12.3 Å². The van der Waals surface area contributed by atoms with Gasteiger partial charge in [-0.2, -0.15) is 5.26 Å². The molecular formula is C19H14N2O3. The fourth-order valence-electron chi connectivity index (χ4n) is 2.15. The number of hydrogen-bond donors (Lipinski definition) is 1. The molecule has 0 aliphatic carbocycles. The summed E-state index contributed by atoms with van der Waals surface area (Å²) in [7, 11) is 0. The monoisotopic (exact) mass is 318 g/mol. The third-order valence-corrected chi connectivity index (χ3v) is 3.34. The van der Waals surface area contributed by atoms with Crippen molar-refractivity contribution >= 4 is 12.0 Å². The minimum Gasteiger partial charge on any atom is -0.467 e. The highest BCUT2D eigenvalue weighted by molar-refractivity contribution is 6.01. The van der Waals surface area contributed by atoms with Crippen LogP contribution in [0.3, 0.4) is 0 Å². The van der Waals surface area contributed by atoms with E-state index in [0.29, 0.717) is 17.3 Å². The molecule has 118 valence electrons. The largest absolute Gasteiger partial charge is 0.467 e. The molecule has 0 unspecified atom stereocenters. The van der Waals surface area contributed by atoms with Crippen molar-refractivity contribution in [1.29, 1.82) is 5.26 Å². The van der Waals surface area contributed by atoms with E-state index < -0.39 is 5.91 Å². The lowest BCUT2D eigenvalue weighted by atomic mass is 10.2. The average molecular weight is 318 g/mol. The quantitative estimate of drug-likeness (QED) is 0.574. The second-order valence-electron chi connectivity index (χ2n) is 5.00. The molecule has 0 bridgehead atoms. The third-order valence-electron chi connectivity index (χ3n) is 3.34. The van der Waals surface area contributed by atoms with Gasteiger partial charge in [0, 0.05) is 11.6 Å². The molecule has 3 aromatic rings. The van der Waals surface area contributed by atoms with Crippen LogP contribution in [0.15, 0.2) is 75.3 Å². The van der Waals surface area contributed by atoms with Crippen LogP contribution >= 0.6 is 0 Å². The van der Waals surface area contributed by atoms with Crippen LogP contribution < -0.4 is 5.32 Å². The van der Waals surface area contributed by atoms with Crippen molar-refractivity contribution in [3.05, 3.63) is 78.0 Å². The lowest BCUT2D eigenvalue weighted by Gasteiger charge is -2.01. The van der Waals surface area contributed by atoms with Crippen LogP contribution in [0, 0.1) is 11.3 Å². The molecule has 0 spiro atoms. The molecule has 1 aromatic carbocycles. The van der Waals surface area contributed by atoms with E-state index in [2.05, 4.69) is 5.32 Å². The standard InChI is InChI=1S/C19H14N2O3/c20-12-15(19(22)21-13-17-7-4-10-23-17)11-16-8-9-18(24-16)14-5-2-1-3-6-14/h1-11H,13H2,(H,21,22)/b15-11-. The van der Waals surface area contributed by atoms with Gasteiger partial charge in [0.25, 0.3) is 5.91 Å². The first kappa shape index (κ1) is 15.4. The van der Waals surface area contributed by atoms with Gasteiger partial charge in [-0.15, -0.1) is 0 Å². The van der Waals surface area contributed by atoms with Gasteiger partial charge in [-0.25, -0.2) is 0 Å². The average Bonchev–Trinajstić information content (AvgIpc) is 3.30. The molecule has 0 saturated carbocycles. The number of nitriles is 1. The number of rotatable bonds is 5. The molecule has 24 heavy (non-hydrogen) atoms. The number of carbonyl (C=O) groups excluding carboxylic acids is 1. The number of hydrogen-bond acceptors (Lipinski definition) is 4. The normalized spacial score (nSPS) is 11.0. The molecule has 0 saturated heterocycles. The Kier molecular flexibility index (Phi) is 4.59. The van der Waals surface area contributed by atoms with Crippen molar-refractivity contribution < 1.29 is 13.6 Å². The van der Waals surface area contributed by atoms with Crippen LogP contribution in [0.2, 0.25) is 0 Å². The molecule has 1 amide bonds. The highest BCUT2D eigenvalue weighted by Gasteiger charge is 2.11. The molecule has 0 fully saturated rings. The zero-order valence-corrected chi connectivity index (χ0v) is 12.7. The zero-order chi connectivity index (χ0) is 16.8. The molecule has 0 aliphatic heterocycles. The van der Waals surface area contributed by atoms with E-state index in [9.17, 15) is 10.1 Å². The Morgan fingerprint density at radius 1 is 1.12 bits per heavy atom. The number of amides is 1. The van der Waals surface area contributed by atoms with E-state index in [4.69, 9.17) is 8.83 Å². The maximum Gasteiger partial charge on any atom is 0.262 e. The van der Waals surface area contributed by atoms with Gasteiger partial charge in [0.2, 0.25) is 0 Å². The summed E-state index contributed by atoms with van der Waals surface area (Å²) in [6, 6.07) is 18.5. The summed E-state index contributed by atoms with van der Waals surface area (Å²) < 4.78 is 10.8. The van der Waals surface area contributed by atoms with Crippen molar-refractivity contribution in [2.24, 2.45) is 0 Å². The first-order chi connectivity index (χ1) is 11.8. The van der Waals surface area contributed by atoms with Gasteiger partial charge in [0.15, 0.2) is 0 Å². The maximum absolute atomic E-state index is 12.1. The van der Waals surface area contributed by atoms with Crippen molar-refractivity contribution in [1.82, 2.24) is 5.32 Å². The van der Waals surface area contributed by atoms with E-state index in [-0.39, 0.29) is 12.1 Å². The minimum atomic E-state index is -0.480. The number of furan rings is 2. The van der Waals surface area contributed by atoms with Crippen molar-refractivity contribution in [2.45, 2.75) is 6.54 Å². The predicted molar refractivity (Wildman–Crippen MR) is 88.3 cm³/mol. The molecule has 2 heterocycles. The summed E-state index contributed by atoms with van der Waals surface area (Å²) in [6.45, 7) is 0.221. The Labute approximate surface area is 138 Å². The number of nitrogens with one attached hydrogen (secondary N) is 1. The Morgan fingerprint density at radius 3 is 2.67 bits per heavy atom. The van der Waals surface area contributed by atoms with Gasteiger partial charge in [-0.05, 0) is 24.3 Å². The molecule has 0 aliphatic rings. The number of nitrogens with zero attached hydrogens (tertiary/aromatic N) is 1. The molecule has 5 nitrogen and oxygen atoms in total. The molecule has 2 aromatic heterocycles. The van der Waals surface area contributed by atoms with Gasteiger partial charge in [0.1, 0.15) is 28.9 Å². The highest BCUT2D eigenvalue weighted by atomic mass is 16.3. The third kappa shape index (κ3) is 3.62. The highest BCUT2D eigenvalue weighted by Crippen LogP contribution is 2.23. The fraction of sp³-hybridized carbons (Fsp3) is 0.0526. The maximum atomic E-state index is 12.1. The van der Waals surface area contributed by atoms with Crippen LogP contribution in [0.4, 0.5) is 0 Å². The van der Waals surface area contributed by atoms with Crippen LogP contribution in [-0.4, -0.2) is 5.91 Å². The summed E-state index contributed by atoms with van der Waals surface area (Å²) in [5.41, 5.74) is 0.897. The first-order valence-electron chi connectivity index (χ1n) is 7.34.